The summed E-state index contributed by atoms with van der Waals surface area (Å²) in [7, 11) is 0. The predicted octanol–water partition coefficient (Wildman–Crippen LogP) is 1.48. The van der Waals surface area contributed by atoms with Crippen LogP contribution in [0.15, 0.2) is 28.9 Å². The van der Waals surface area contributed by atoms with E-state index >= 15 is 0 Å². The van der Waals surface area contributed by atoms with E-state index in [0.29, 0.717) is 12.0 Å². The molecule has 0 aliphatic heterocycles. The van der Waals surface area contributed by atoms with E-state index in [9.17, 15) is 9.90 Å². The van der Waals surface area contributed by atoms with Gasteiger partial charge in [-0.05, 0) is 18.9 Å². The molecule has 0 spiro atoms. The van der Waals surface area contributed by atoms with Gasteiger partial charge in [0.1, 0.15) is 0 Å². The second-order valence-corrected chi connectivity index (χ2v) is 3.22. The number of azide groups is 1. The first-order valence-electron chi connectivity index (χ1n) is 4.95. The van der Waals surface area contributed by atoms with Gasteiger partial charge < -0.3 is 9.84 Å². The van der Waals surface area contributed by atoms with E-state index in [1.165, 1.54) is 0 Å². The Hall–Kier alpha value is -1.78. The molecule has 0 radical (unpaired) electrons. The van der Waals surface area contributed by atoms with Crippen LogP contribution in [-0.4, -0.2) is 29.8 Å². The van der Waals surface area contributed by atoms with Crippen molar-refractivity contribution < 1.29 is 14.6 Å². The number of aliphatic hydroxyl groups is 1. The van der Waals surface area contributed by atoms with Gasteiger partial charge >= 0.3 is 5.97 Å². The molecule has 1 rings (SSSR count). The molecule has 0 amide bonds. The molecule has 0 heterocycles. The summed E-state index contributed by atoms with van der Waals surface area (Å²) in [6.45, 7) is 1.82. The molecular formula is C10H13N3O3. The van der Waals surface area contributed by atoms with E-state index in [1.807, 2.05) is 6.08 Å². The Bertz CT molecular complexity index is 370. The minimum atomic E-state index is -1.44. The minimum absolute atomic E-state index is 0.177. The number of esters is 1. The van der Waals surface area contributed by atoms with Crippen molar-refractivity contribution in [3.05, 3.63) is 34.2 Å². The van der Waals surface area contributed by atoms with Crippen molar-refractivity contribution >= 4 is 5.97 Å². The molecule has 0 aromatic carbocycles. The van der Waals surface area contributed by atoms with Crippen LogP contribution < -0.4 is 0 Å². The highest BCUT2D eigenvalue weighted by molar-refractivity contribution is 5.76. The Morgan fingerprint density at radius 1 is 1.81 bits per heavy atom. The number of nitrogens with zero attached hydrogens (tertiary/aromatic N) is 3. The average Bonchev–Trinajstić information content (AvgIpc) is 2.78. The summed E-state index contributed by atoms with van der Waals surface area (Å²) in [4.78, 5) is 13.9. The average molecular weight is 223 g/mol. The number of allylic oxidation sites excluding steroid dienone is 3. The maximum Gasteiger partial charge on any atom is 0.335 e. The standard InChI is InChI=1S/C10H13N3O3/c1-2-16-10(15)9(14)8(12-13-11)7-5-3-4-6-7/h3-5,8-9,14H,2,6H2,1H3/t8-,9+/m1/s1. The molecule has 86 valence electrons. The highest BCUT2D eigenvalue weighted by Gasteiger charge is 2.29. The van der Waals surface area contributed by atoms with Gasteiger partial charge in [-0.25, -0.2) is 4.79 Å². The normalized spacial score (nSPS) is 17.2. The molecule has 1 N–H and O–H groups in total. The summed E-state index contributed by atoms with van der Waals surface area (Å²) in [6.07, 6.45) is 4.49. The van der Waals surface area contributed by atoms with Crippen LogP contribution in [0.1, 0.15) is 13.3 Å². The Morgan fingerprint density at radius 3 is 3.06 bits per heavy atom. The highest BCUT2D eigenvalue weighted by atomic mass is 16.5. The molecule has 16 heavy (non-hydrogen) atoms. The van der Waals surface area contributed by atoms with Crippen LogP contribution >= 0.6 is 0 Å². The van der Waals surface area contributed by atoms with E-state index in [4.69, 9.17) is 5.53 Å². The molecule has 6 nitrogen and oxygen atoms in total. The molecule has 0 bridgehead atoms. The highest BCUT2D eigenvalue weighted by Crippen LogP contribution is 2.21. The number of carbonyl (C=O) groups is 1. The molecule has 1 aliphatic carbocycles. The molecule has 2 atom stereocenters. The van der Waals surface area contributed by atoms with Gasteiger partial charge in [-0.3, -0.25) is 0 Å². The fourth-order valence-electron chi connectivity index (χ4n) is 1.44. The number of rotatable bonds is 5. The molecular weight excluding hydrogens is 210 g/mol. The summed E-state index contributed by atoms with van der Waals surface area (Å²) in [5.41, 5.74) is 9.11. The SMILES string of the molecule is CCOC(=O)[C@@H](O)[C@H](N=[N+]=[N-])C1=CC=CC1. The van der Waals surface area contributed by atoms with Gasteiger partial charge in [0.05, 0.1) is 12.6 Å². The molecule has 0 saturated carbocycles. The molecule has 6 heteroatoms. The van der Waals surface area contributed by atoms with Crippen LogP contribution in [0.2, 0.25) is 0 Å². The van der Waals surface area contributed by atoms with Gasteiger partial charge in [0.2, 0.25) is 0 Å². The van der Waals surface area contributed by atoms with Crippen molar-refractivity contribution in [2.45, 2.75) is 25.5 Å². The van der Waals surface area contributed by atoms with E-state index in [2.05, 4.69) is 14.8 Å². The molecule has 0 aromatic rings. The molecule has 0 aromatic heterocycles. The number of aliphatic hydroxyl groups excluding tert-OH is 1. The zero-order valence-corrected chi connectivity index (χ0v) is 8.91. The van der Waals surface area contributed by atoms with Gasteiger partial charge in [0.15, 0.2) is 6.10 Å². The summed E-state index contributed by atoms with van der Waals surface area (Å²) in [5, 5.41) is 13.1. The smallest absolute Gasteiger partial charge is 0.335 e. The topological polar surface area (TPSA) is 95.3 Å². The Balaban J connectivity index is 2.77. The lowest BCUT2D eigenvalue weighted by Crippen LogP contribution is -2.35. The second kappa shape index (κ2) is 5.95. The molecule has 0 unspecified atom stereocenters. The third-order valence-corrected chi connectivity index (χ3v) is 2.18. The van der Waals surface area contributed by atoms with Gasteiger partial charge in [0.25, 0.3) is 0 Å². The van der Waals surface area contributed by atoms with Crippen molar-refractivity contribution in [2.24, 2.45) is 5.11 Å². The van der Waals surface area contributed by atoms with Gasteiger partial charge in [-0.1, -0.05) is 28.9 Å². The van der Waals surface area contributed by atoms with E-state index in [-0.39, 0.29) is 6.61 Å². The fourth-order valence-corrected chi connectivity index (χ4v) is 1.44. The quantitative estimate of drug-likeness (QED) is 0.331. The van der Waals surface area contributed by atoms with Gasteiger partial charge in [-0.2, -0.15) is 0 Å². The van der Waals surface area contributed by atoms with Crippen LogP contribution in [0.3, 0.4) is 0 Å². The maximum absolute atomic E-state index is 11.3. The Morgan fingerprint density at radius 2 is 2.56 bits per heavy atom. The maximum atomic E-state index is 11.3. The van der Waals surface area contributed by atoms with E-state index < -0.39 is 18.1 Å². The van der Waals surface area contributed by atoms with Crippen molar-refractivity contribution in [1.82, 2.24) is 0 Å². The van der Waals surface area contributed by atoms with Crippen LogP contribution in [-0.2, 0) is 9.53 Å². The van der Waals surface area contributed by atoms with Crippen molar-refractivity contribution in [3.8, 4) is 0 Å². The first-order chi connectivity index (χ1) is 7.70. The monoisotopic (exact) mass is 223 g/mol. The lowest BCUT2D eigenvalue weighted by Gasteiger charge is -2.17. The summed E-state index contributed by atoms with van der Waals surface area (Å²) in [5.74, 6) is -0.771. The van der Waals surface area contributed by atoms with Crippen LogP contribution in [0.4, 0.5) is 0 Å². The van der Waals surface area contributed by atoms with Crippen molar-refractivity contribution in [1.29, 1.82) is 0 Å². The summed E-state index contributed by atoms with van der Waals surface area (Å²) >= 11 is 0. The second-order valence-electron chi connectivity index (χ2n) is 3.22. The molecule has 0 fully saturated rings. The summed E-state index contributed by atoms with van der Waals surface area (Å²) in [6, 6.07) is -0.890. The van der Waals surface area contributed by atoms with E-state index in [1.54, 1.807) is 19.1 Å². The number of ether oxygens (including phenoxy) is 1. The van der Waals surface area contributed by atoms with Crippen LogP contribution in [0, 0.1) is 0 Å². The van der Waals surface area contributed by atoms with Crippen LogP contribution in [0.25, 0.3) is 10.4 Å². The predicted molar refractivity (Wildman–Crippen MR) is 57.4 cm³/mol. The Labute approximate surface area is 92.8 Å². The first kappa shape index (κ1) is 12.3. The summed E-state index contributed by atoms with van der Waals surface area (Å²) < 4.78 is 4.67. The fraction of sp³-hybridized carbons (Fsp3) is 0.500. The third kappa shape index (κ3) is 2.85. The van der Waals surface area contributed by atoms with Gasteiger partial charge in [-0.15, -0.1) is 0 Å². The van der Waals surface area contributed by atoms with Crippen molar-refractivity contribution in [2.75, 3.05) is 6.61 Å². The van der Waals surface area contributed by atoms with Crippen molar-refractivity contribution in [3.63, 3.8) is 0 Å². The number of hydrogen-bond acceptors (Lipinski definition) is 4. The van der Waals surface area contributed by atoms with E-state index in [0.717, 1.165) is 0 Å². The third-order valence-electron chi connectivity index (χ3n) is 2.18. The first-order valence-corrected chi connectivity index (χ1v) is 4.95. The van der Waals surface area contributed by atoms with Crippen LogP contribution in [0.5, 0.6) is 0 Å². The number of hydrogen-bond donors (Lipinski definition) is 1. The lowest BCUT2D eigenvalue weighted by molar-refractivity contribution is -0.153. The zero-order valence-electron chi connectivity index (χ0n) is 8.91. The minimum Gasteiger partial charge on any atom is -0.464 e. The Kier molecular flexibility index (Phi) is 4.57. The largest absolute Gasteiger partial charge is 0.464 e. The molecule has 1 aliphatic rings. The lowest BCUT2D eigenvalue weighted by atomic mass is 10.0. The van der Waals surface area contributed by atoms with Gasteiger partial charge in [0, 0.05) is 4.91 Å². The molecule has 0 saturated heterocycles. The number of carbonyl (C=O) groups excluding carboxylic acids is 1. The zero-order chi connectivity index (χ0) is 12.0.